The molecular formula is C20H23N5O2S. The highest BCUT2D eigenvalue weighted by Gasteiger charge is 2.25. The second kappa shape index (κ2) is 8.04. The molecule has 0 spiro atoms. The van der Waals surface area contributed by atoms with E-state index in [1.165, 1.54) is 4.31 Å². The van der Waals surface area contributed by atoms with Gasteiger partial charge in [-0.3, -0.25) is 4.31 Å². The second-order valence-electron chi connectivity index (χ2n) is 6.66. The molecule has 4 rings (SSSR count). The summed E-state index contributed by atoms with van der Waals surface area (Å²) < 4.78 is 28.1. The van der Waals surface area contributed by atoms with Crippen molar-refractivity contribution < 1.29 is 8.42 Å². The SMILES string of the molecule is O=S(=O)(c1ccccc1)N(Cc1cnc[nH]1)c1ccc(N2CCNCC2)cc1. The van der Waals surface area contributed by atoms with Crippen molar-refractivity contribution in [3.8, 4) is 0 Å². The molecule has 146 valence electrons. The Labute approximate surface area is 165 Å². The summed E-state index contributed by atoms with van der Waals surface area (Å²) in [4.78, 5) is 9.56. The highest BCUT2D eigenvalue weighted by atomic mass is 32.2. The summed E-state index contributed by atoms with van der Waals surface area (Å²) in [5.74, 6) is 0. The summed E-state index contributed by atoms with van der Waals surface area (Å²) in [6.07, 6.45) is 3.19. The van der Waals surface area contributed by atoms with E-state index in [1.54, 1.807) is 42.9 Å². The molecule has 2 aromatic carbocycles. The number of piperazine rings is 1. The molecule has 28 heavy (non-hydrogen) atoms. The Hall–Kier alpha value is -2.84. The largest absolute Gasteiger partial charge is 0.369 e. The Bertz CT molecular complexity index is 983. The summed E-state index contributed by atoms with van der Waals surface area (Å²) in [5.41, 5.74) is 2.45. The van der Waals surface area contributed by atoms with E-state index in [1.807, 2.05) is 24.3 Å². The van der Waals surface area contributed by atoms with Crippen molar-refractivity contribution in [3.05, 3.63) is 72.8 Å². The average Bonchev–Trinajstić information content (AvgIpc) is 3.27. The van der Waals surface area contributed by atoms with Crippen molar-refractivity contribution in [1.82, 2.24) is 15.3 Å². The number of nitrogens with one attached hydrogen (secondary N) is 2. The number of aromatic nitrogens is 2. The zero-order valence-electron chi connectivity index (χ0n) is 15.5. The molecule has 1 aliphatic rings. The first kappa shape index (κ1) is 18.5. The van der Waals surface area contributed by atoms with Crippen molar-refractivity contribution in [1.29, 1.82) is 0 Å². The van der Waals surface area contributed by atoms with Gasteiger partial charge in [0, 0.05) is 38.1 Å². The minimum Gasteiger partial charge on any atom is -0.369 e. The van der Waals surface area contributed by atoms with Crippen LogP contribution < -0.4 is 14.5 Å². The van der Waals surface area contributed by atoms with E-state index in [0.29, 0.717) is 5.69 Å². The fraction of sp³-hybridized carbons (Fsp3) is 0.250. The fourth-order valence-electron chi connectivity index (χ4n) is 3.31. The van der Waals surface area contributed by atoms with E-state index < -0.39 is 10.0 Å². The van der Waals surface area contributed by atoms with Crippen molar-refractivity contribution >= 4 is 21.4 Å². The van der Waals surface area contributed by atoms with Crippen LogP contribution in [0.25, 0.3) is 0 Å². The lowest BCUT2D eigenvalue weighted by Gasteiger charge is -2.30. The third kappa shape index (κ3) is 3.88. The normalized spacial score (nSPS) is 14.8. The van der Waals surface area contributed by atoms with Crippen LogP contribution in [0.5, 0.6) is 0 Å². The van der Waals surface area contributed by atoms with Crippen LogP contribution in [0.2, 0.25) is 0 Å². The standard InChI is InChI=1S/C20H23N5O2S/c26-28(27,20-4-2-1-3-5-20)25(15-17-14-22-16-23-17)19-8-6-18(7-9-19)24-12-10-21-11-13-24/h1-9,14,16,21H,10-13,15H2,(H,22,23). The number of hydrogen-bond donors (Lipinski definition) is 2. The van der Waals surface area contributed by atoms with Crippen molar-refractivity contribution in [3.63, 3.8) is 0 Å². The Kier molecular flexibility index (Phi) is 5.31. The Morgan fingerprint density at radius 3 is 2.36 bits per heavy atom. The molecule has 0 aliphatic carbocycles. The predicted octanol–water partition coefficient (Wildman–Crippen LogP) is 2.21. The minimum atomic E-state index is -3.71. The van der Waals surface area contributed by atoms with Crippen LogP contribution in [-0.2, 0) is 16.6 Å². The van der Waals surface area contributed by atoms with Crippen LogP contribution in [0.3, 0.4) is 0 Å². The quantitative estimate of drug-likeness (QED) is 0.667. The zero-order valence-corrected chi connectivity index (χ0v) is 16.3. The van der Waals surface area contributed by atoms with E-state index >= 15 is 0 Å². The maximum atomic E-state index is 13.3. The number of hydrogen-bond acceptors (Lipinski definition) is 5. The summed E-state index contributed by atoms with van der Waals surface area (Å²) in [5, 5.41) is 3.34. The first-order valence-corrected chi connectivity index (χ1v) is 10.7. The van der Waals surface area contributed by atoms with Crippen molar-refractivity contribution in [2.24, 2.45) is 0 Å². The van der Waals surface area contributed by atoms with E-state index in [2.05, 4.69) is 20.2 Å². The van der Waals surface area contributed by atoms with Gasteiger partial charge >= 0.3 is 0 Å². The van der Waals surface area contributed by atoms with Gasteiger partial charge in [-0.25, -0.2) is 13.4 Å². The number of nitrogens with zero attached hydrogens (tertiary/aromatic N) is 3. The lowest BCUT2D eigenvalue weighted by atomic mass is 10.2. The van der Waals surface area contributed by atoms with E-state index in [4.69, 9.17) is 0 Å². The molecule has 1 aromatic heterocycles. The van der Waals surface area contributed by atoms with E-state index in [9.17, 15) is 8.42 Å². The minimum absolute atomic E-state index is 0.185. The molecular weight excluding hydrogens is 374 g/mol. The van der Waals surface area contributed by atoms with Crippen LogP contribution in [0.4, 0.5) is 11.4 Å². The first-order chi connectivity index (χ1) is 13.6. The van der Waals surface area contributed by atoms with Gasteiger partial charge in [-0.1, -0.05) is 18.2 Å². The summed E-state index contributed by atoms with van der Waals surface area (Å²) in [7, 11) is -3.71. The second-order valence-corrected chi connectivity index (χ2v) is 8.52. The molecule has 8 heteroatoms. The van der Waals surface area contributed by atoms with Gasteiger partial charge in [0.2, 0.25) is 0 Å². The van der Waals surface area contributed by atoms with Crippen LogP contribution in [0.1, 0.15) is 5.69 Å². The van der Waals surface area contributed by atoms with Crippen molar-refractivity contribution in [2.75, 3.05) is 35.4 Å². The number of aromatic amines is 1. The third-order valence-electron chi connectivity index (χ3n) is 4.82. The average molecular weight is 398 g/mol. The van der Waals surface area contributed by atoms with Crippen LogP contribution in [0.15, 0.2) is 72.0 Å². The fourth-order valence-corrected chi connectivity index (χ4v) is 4.78. The molecule has 2 heterocycles. The molecule has 0 unspecified atom stereocenters. The molecule has 0 amide bonds. The number of rotatable bonds is 6. The van der Waals surface area contributed by atoms with Gasteiger partial charge in [-0.2, -0.15) is 0 Å². The monoisotopic (exact) mass is 397 g/mol. The van der Waals surface area contributed by atoms with Crippen LogP contribution in [-0.4, -0.2) is 44.6 Å². The molecule has 2 N–H and O–H groups in total. The Morgan fingerprint density at radius 1 is 1.00 bits per heavy atom. The van der Waals surface area contributed by atoms with E-state index in [0.717, 1.165) is 37.6 Å². The number of sulfonamides is 1. The predicted molar refractivity (Wildman–Crippen MR) is 110 cm³/mol. The van der Waals surface area contributed by atoms with Crippen LogP contribution in [0, 0.1) is 0 Å². The maximum Gasteiger partial charge on any atom is 0.264 e. The van der Waals surface area contributed by atoms with Gasteiger partial charge in [0.1, 0.15) is 0 Å². The summed E-state index contributed by atoms with van der Waals surface area (Å²) in [6.45, 7) is 3.98. The molecule has 1 saturated heterocycles. The lowest BCUT2D eigenvalue weighted by molar-refractivity contribution is 0.588. The maximum absolute atomic E-state index is 13.3. The summed E-state index contributed by atoms with van der Waals surface area (Å²) >= 11 is 0. The number of benzene rings is 2. The van der Waals surface area contributed by atoms with E-state index in [-0.39, 0.29) is 11.4 Å². The number of imidazole rings is 1. The van der Waals surface area contributed by atoms with Crippen LogP contribution >= 0.6 is 0 Å². The molecule has 1 fully saturated rings. The zero-order chi connectivity index (χ0) is 19.4. The molecule has 0 atom stereocenters. The highest BCUT2D eigenvalue weighted by molar-refractivity contribution is 7.92. The first-order valence-electron chi connectivity index (χ1n) is 9.25. The molecule has 1 aliphatic heterocycles. The Balaban J connectivity index is 1.67. The Morgan fingerprint density at radius 2 is 1.71 bits per heavy atom. The van der Waals surface area contributed by atoms with Gasteiger partial charge in [-0.05, 0) is 36.4 Å². The molecule has 0 saturated carbocycles. The van der Waals surface area contributed by atoms with Crippen molar-refractivity contribution in [2.45, 2.75) is 11.4 Å². The highest BCUT2D eigenvalue weighted by Crippen LogP contribution is 2.28. The van der Waals surface area contributed by atoms with Gasteiger partial charge in [0.25, 0.3) is 10.0 Å². The van der Waals surface area contributed by atoms with Gasteiger partial charge in [-0.15, -0.1) is 0 Å². The molecule has 3 aromatic rings. The number of H-pyrrole nitrogens is 1. The van der Waals surface area contributed by atoms with Gasteiger partial charge < -0.3 is 15.2 Å². The molecule has 0 radical (unpaired) electrons. The molecule has 0 bridgehead atoms. The van der Waals surface area contributed by atoms with Gasteiger partial charge in [0.15, 0.2) is 0 Å². The number of anilines is 2. The third-order valence-corrected chi connectivity index (χ3v) is 6.61. The smallest absolute Gasteiger partial charge is 0.264 e. The lowest BCUT2D eigenvalue weighted by Crippen LogP contribution is -2.43. The topological polar surface area (TPSA) is 81.3 Å². The van der Waals surface area contributed by atoms with Gasteiger partial charge in [0.05, 0.1) is 29.1 Å². The summed E-state index contributed by atoms with van der Waals surface area (Å²) in [6, 6.07) is 16.2. The molecule has 7 nitrogen and oxygen atoms in total.